The van der Waals surface area contributed by atoms with E-state index in [1.165, 1.54) is 28.3 Å². The van der Waals surface area contributed by atoms with Gasteiger partial charge in [-0.3, -0.25) is 9.48 Å². The monoisotopic (exact) mass is 338 g/mol. The van der Waals surface area contributed by atoms with E-state index >= 15 is 0 Å². The van der Waals surface area contributed by atoms with Gasteiger partial charge in [-0.05, 0) is 13.0 Å². The lowest BCUT2D eigenvalue weighted by molar-refractivity contribution is -0.127. The third-order valence-corrected chi connectivity index (χ3v) is 4.61. The molecule has 1 unspecified atom stereocenters. The Morgan fingerprint density at radius 1 is 1.61 bits per heavy atom. The summed E-state index contributed by atoms with van der Waals surface area (Å²) < 4.78 is 27.5. The SMILES string of the molecule is C=CC(=O)N(Cc1cnn(C2CC2(F)F)c1)Cc1ncsc1C. The van der Waals surface area contributed by atoms with Gasteiger partial charge in [0, 0.05) is 29.6 Å². The van der Waals surface area contributed by atoms with E-state index in [1.807, 2.05) is 6.92 Å². The molecule has 1 atom stereocenters. The van der Waals surface area contributed by atoms with Gasteiger partial charge in [0.05, 0.1) is 23.9 Å². The Kier molecular flexibility index (Phi) is 4.01. The molecule has 8 heteroatoms. The zero-order chi connectivity index (χ0) is 16.6. The summed E-state index contributed by atoms with van der Waals surface area (Å²) in [6.45, 7) is 6.08. The third-order valence-electron chi connectivity index (χ3n) is 3.81. The van der Waals surface area contributed by atoms with E-state index in [4.69, 9.17) is 0 Å². The van der Waals surface area contributed by atoms with Crippen molar-refractivity contribution in [1.82, 2.24) is 19.7 Å². The summed E-state index contributed by atoms with van der Waals surface area (Å²) in [6.07, 6.45) is 4.15. The zero-order valence-electron chi connectivity index (χ0n) is 12.6. The van der Waals surface area contributed by atoms with Gasteiger partial charge in [0.25, 0.3) is 5.92 Å². The number of hydrogen-bond donors (Lipinski definition) is 0. The minimum Gasteiger partial charge on any atom is -0.329 e. The first-order valence-electron chi connectivity index (χ1n) is 7.12. The van der Waals surface area contributed by atoms with Gasteiger partial charge in [-0.15, -0.1) is 11.3 Å². The van der Waals surface area contributed by atoms with E-state index in [9.17, 15) is 13.6 Å². The molecular formula is C15H16F2N4OS. The molecule has 3 rings (SSSR count). The van der Waals surface area contributed by atoms with Crippen LogP contribution in [0.2, 0.25) is 0 Å². The van der Waals surface area contributed by atoms with Gasteiger partial charge < -0.3 is 4.90 Å². The largest absolute Gasteiger partial charge is 0.329 e. The number of rotatable bonds is 6. The molecule has 2 aromatic heterocycles. The molecule has 0 saturated heterocycles. The molecule has 23 heavy (non-hydrogen) atoms. The van der Waals surface area contributed by atoms with Gasteiger partial charge in [0.15, 0.2) is 0 Å². The molecule has 0 aliphatic heterocycles. The van der Waals surface area contributed by atoms with Crippen LogP contribution in [-0.4, -0.2) is 31.5 Å². The lowest BCUT2D eigenvalue weighted by atomic mass is 10.2. The molecular weight excluding hydrogens is 322 g/mol. The molecule has 2 aromatic rings. The molecule has 0 bridgehead atoms. The van der Waals surface area contributed by atoms with E-state index in [1.54, 1.807) is 16.6 Å². The maximum Gasteiger partial charge on any atom is 0.272 e. The lowest BCUT2D eigenvalue weighted by Crippen LogP contribution is -2.28. The number of aryl methyl sites for hydroxylation is 1. The standard InChI is InChI=1S/C15H16F2N4OS/c1-3-14(22)20(8-12-10(2)23-9-18-12)6-11-5-19-21(7-11)13-4-15(13,16)17/h3,5,7,9,13H,1,4,6,8H2,2H3. The predicted octanol–water partition coefficient (Wildman–Crippen LogP) is 2.94. The van der Waals surface area contributed by atoms with Crippen molar-refractivity contribution in [3.63, 3.8) is 0 Å². The number of aromatic nitrogens is 3. The van der Waals surface area contributed by atoms with Crippen LogP contribution in [-0.2, 0) is 17.9 Å². The van der Waals surface area contributed by atoms with Crippen LogP contribution in [0.25, 0.3) is 0 Å². The van der Waals surface area contributed by atoms with Crippen LogP contribution in [0.5, 0.6) is 0 Å². The van der Waals surface area contributed by atoms with Gasteiger partial charge in [-0.25, -0.2) is 13.8 Å². The zero-order valence-corrected chi connectivity index (χ0v) is 13.4. The van der Waals surface area contributed by atoms with Gasteiger partial charge >= 0.3 is 0 Å². The Balaban J connectivity index is 1.72. The fourth-order valence-corrected chi connectivity index (χ4v) is 2.93. The van der Waals surface area contributed by atoms with Crippen LogP contribution in [0.1, 0.15) is 28.6 Å². The molecule has 1 aliphatic carbocycles. The van der Waals surface area contributed by atoms with E-state index < -0.39 is 12.0 Å². The molecule has 0 aromatic carbocycles. The minimum absolute atomic E-state index is 0.179. The summed E-state index contributed by atoms with van der Waals surface area (Å²) in [4.78, 5) is 18.9. The summed E-state index contributed by atoms with van der Waals surface area (Å²) >= 11 is 1.51. The highest BCUT2D eigenvalue weighted by atomic mass is 32.1. The average Bonchev–Trinajstić information content (AvgIpc) is 2.86. The molecule has 1 amide bonds. The predicted molar refractivity (Wildman–Crippen MR) is 82.1 cm³/mol. The van der Waals surface area contributed by atoms with Crippen molar-refractivity contribution in [2.24, 2.45) is 0 Å². The maximum absolute atomic E-state index is 13.1. The molecule has 2 heterocycles. The van der Waals surface area contributed by atoms with Crippen molar-refractivity contribution in [2.45, 2.75) is 38.4 Å². The Hall–Kier alpha value is -2.09. The van der Waals surface area contributed by atoms with Crippen LogP contribution >= 0.6 is 11.3 Å². The Morgan fingerprint density at radius 3 is 2.91 bits per heavy atom. The van der Waals surface area contributed by atoms with Crippen LogP contribution in [0.15, 0.2) is 30.6 Å². The number of hydrogen-bond acceptors (Lipinski definition) is 4. The first-order valence-corrected chi connectivity index (χ1v) is 8.00. The van der Waals surface area contributed by atoms with Crippen molar-refractivity contribution in [3.8, 4) is 0 Å². The third kappa shape index (κ3) is 3.31. The second-order valence-electron chi connectivity index (χ2n) is 5.56. The molecule has 0 radical (unpaired) electrons. The normalized spacial score (nSPS) is 18.7. The van der Waals surface area contributed by atoms with E-state index in [0.717, 1.165) is 10.6 Å². The van der Waals surface area contributed by atoms with Gasteiger partial charge in [-0.1, -0.05) is 6.58 Å². The highest BCUT2D eigenvalue weighted by Gasteiger charge is 2.59. The first-order chi connectivity index (χ1) is 10.9. The molecule has 1 aliphatic rings. The molecule has 1 fully saturated rings. The number of carbonyl (C=O) groups is 1. The highest BCUT2D eigenvalue weighted by molar-refractivity contribution is 7.09. The molecule has 1 saturated carbocycles. The van der Waals surface area contributed by atoms with Crippen LogP contribution in [0, 0.1) is 6.92 Å². The van der Waals surface area contributed by atoms with Crippen molar-refractivity contribution < 1.29 is 13.6 Å². The first kappa shape index (κ1) is 15.8. The van der Waals surface area contributed by atoms with E-state index in [2.05, 4.69) is 16.7 Å². The fourth-order valence-electron chi connectivity index (χ4n) is 2.34. The Bertz CT molecular complexity index is 739. The fraction of sp³-hybridized carbons (Fsp3) is 0.400. The van der Waals surface area contributed by atoms with E-state index in [-0.39, 0.29) is 18.9 Å². The van der Waals surface area contributed by atoms with Crippen LogP contribution in [0.4, 0.5) is 8.78 Å². The average molecular weight is 338 g/mol. The summed E-state index contributed by atoms with van der Waals surface area (Å²) in [6, 6.07) is -0.861. The molecule has 0 N–H and O–H groups in total. The van der Waals surface area contributed by atoms with Gasteiger partial charge in [-0.2, -0.15) is 5.10 Å². The highest BCUT2D eigenvalue weighted by Crippen LogP contribution is 2.52. The van der Waals surface area contributed by atoms with Gasteiger partial charge in [0.2, 0.25) is 5.91 Å². The topological polar surface area (TPSA) is 51.0 Å². The number of alkyl halides is 2. The van der Waals surface area contributed by atoms with Gasteiger partial charge in [0.1, 0.15) is 6.04 Å². The smallest absolute Gasteiger partial charge is 0.272 e. The quantitative estimate of drug-likeness (QED) is 0.761. The van der Waals surface area contributed by atoms with E-state index in [0.29, 0.717) is 12.1 Å². The Morgan fingerprint density at radius 2 is 2.35 bits per heavy atom. The van der Waals surface area contributed by atoms with Crippen molar-refractivity contribution in [3.05, 3.63) is 46.7 Å². The second kappa shape index (κ2) is 5.84. The number of thiazole rings is 1. The van der Waals surface area contributed by atoms with Crippen LogP contribution < -0.4 is 0 Å². The van der Waals surface area contributed by atoms with Crippen LogP contribution in [0.3, 0.4) is 0 Å². The summed E-state index contributed by atoms with van der Waals surface area (Å²) in [5.74, 6) is -2.90. The van der Waals surface area contributed by atoms with Crippen molar-refractivity contribution in [1.29, 1.82) is 0 Å². The second-order valence-corrected chi connectivity index (χ2v) is 6.62. The maximum atomic E-state index is 13.1. The summed E-state index contributed by atoms with van der Waals surface area (Å²) in [5.41, 5.74) is 3.26. The summed E-state index contributed by atoms with van der Waals surface area (Å²) in [7, 11) is 0. The molecule has 122 valence electrons. The number of halogens is 2. The van der Waals surface area contributed by atoms with Crippen molar-refractivity contribution >= 4 is 17.2 Å². The number of nitrogens with zero attached hydrogens (tertiary/aromatic N) is 4. The lowest BCUT2D eigenvalue weighted by Gasteiger charge is -2.19. The minimum atomic E-state index is -2.67. The summed E-state index contributed by atoms with van der Waals surface area (Å²) in [5, 5.41) is 3.99. The van der Waals surface area contributed by atoms with Crippen molar-refractivity contribution in [2.75, 3.05) is 0 Å². The molecule has 5 nitrogen and oxygen atoms in total. The number of amides is 1. The Labute approximate surface area is 136 Å². The molecule has 0 spiro atoms. The number of carbonyl (C=O) groups excluding carboxylic acids is 1.